The maximum Gasteiger partial charge on any atom is 0.134 e. The summed E-state index contributed by atoms with van der Waals surface area (Å²) in [5.41, 5.74) is 1.13. The molecule has 2 nitrogen and oxygen atoms in total. The van der Waals surface area contributed by atoms with E-state index in [1.165, 1.54) is 44.9 Å². The first-order chi connectivity index (χ1) is 10.8. The molecule has 1 aromatic heterocycles. The maximum atomic E-state index is 5.98. The molecule has 1 heterocycles. The molecule has 0 spiro atoms. The summed E-state index contributed by atoms with van der Waals surface area (Å²) < 4.78 is 7.07. The number of hydrogen-bond acceptors (Lipinski definition) is 2. The van der Waals surface area contributed by atoms with E-state index in [1.807, 2.05) is 12.1 Å². The minimum Gasteiger partial charge on any atom is -0.460 e. The molecule has 1 fully saturated rings. The van der Waals surface area contributed by atoms with Crippen LogP contribution in [0.25, 0.3) is 11.3 Å². The number of hydrogen-bond donors (Lipinski definition) is 1. The lowest BCUT2D eigenvalue weighted by atomic mass is 9.97. The van der Waals surface area contributed by atoms with Gasteiger partial charge in [0.2, 0.25) is 0 Å². The second kappa shape index (κ2) is 9.51. The zero-order chi connectivity index (χ0) is 15.2. The van der Waals surface area contributed by atoms with E-state index in [0.717, 1.165) is 28.1 Å². The molecular formula is C19H25BrClNO. The van der Waals surface area contributed by atoms with Gasteiger partial charge in [0, 0.05) is 16.1 Å². The van der Waals surface area contributed by atoms with Gasteiger partial charge in [0.15, 0.2) is 0 Å². The quantitative estimate of drug-likeness (QED) is 0.650. The number of halogens is 2. The van der Waals surface area contributed by atoms with Crippen molar-refractivity contribution in [2.45, 2.75) is 57.5 Å². The minimum atomic E-state index is 0. The van der Waals surface area contributed by atoms with Gasteiger partial charge in [-0.1, -0.05) is 60.2 Å². The largest absolute Gasteiger partial charge is 0.460 e. The first kappa shape index (κ1) is 18.6. The molecule has 0 aliphatic heterocycles. The molecule has 4 heteroatoms. The molecule has 1 aliphatic carbocycles. The fourth-order valence-corrected chi connectivity index (χ4v) is 3.41. The summed E-state index contributed by atoms with van der Waals surface area (Å²) in [5.74, 6) is 1.97. The smallest absolute Gasteiger partial charge is 0.134 e. The van der Waals surface area contributed by atoms with Gasteiger partial charge in [-0.25, -0.2) is 0 Å². The molecule has 0 radical (unpaired) electrons. The summed E-state index contributed by atoms with van der Waals surface area (Å²) in [6.07, 6.45) is 9.54. The molecule has 1 aliphatic rings. The number of furan rings is 1. The van der Waals surface area contributed by atoms with Crippen molar-refractivity contribution in [2.75, 3.05) is 0 Å². The Hall–Kier alpha value is -0.770. The van der Waals surface area contributed by atoms with Crippen LogP contribution in [0.4, 0.5) is 0 Å². The molecule has 1 saturated carbocycles. The maximum absolute atomic E-state index is 5.98. The molecule has 0 amide bonds. The van der Waals surface area contributed by atoms with Crippen LogP contribution >= 0.6 is 28.3 Å². The standard InChI is InChI=1S/C19H24BrNO.ClH/c20-16-10-8-15(9-11-16)19-13-12-18(22-19)14-21-17-6-4-2-1-3-5-7-17;/h8-13,17,21H,1-7,14H2;1H. The monoisotopic (exact) mass is 397 g/mol. The molecular weight excluding hydrogens is 374 g/mol. The summed E-state index contributed by atoms with van der Waals surface area (Å²) in [4.78, 5) is 0. The third-order valence-corrected chi connectivity index (χ3v) is 4.99. The van der Waals surface area contributed by atoms with Crippen LogP contribution in [-0.2, 0) is 6.54 Å². The summed E-state index contributed by atoms with van der Waals surface area (Å²) in [6, 6.07) is 13.1. The average molecular weight is 399 g/mol. The van der Waals surface area contributed by atoms with Crippen LogP contribution in [0.15, 0.2) is 45.3 Å². The van der Waals surface area contributed by atoms with Crippen molar-refractivity contribution in [3.8, 4) is 11.3 Å². The van der Waals surface area contributed by atoms with E-state index < -0.39 is 0 Å². The van der Waals surface area contributed by atoms with Crippen LogP contribution in [0.1, 0.15) is 50.7 Å². The van der Waals surface area contributed by atoms with Crippen molar-refractivity contribution in [1.82, 2.24) is 5.32 Å². The molecule has 0 unspecified atom stereocenters. The van der Waals surface area contributed by atoms with E-state index in [9.17, 15) is 0 Å². The van der Waals surface area contributed by atoms with E-state index in [2.05, 4.69) is 45.5 Å². The van der Waals surface area contributed by atoms with Crippen LogP contribution in [-0.4, -0.2) is 6.04 Å². The number of rotatable bonds is 4. The fourth-order valence-electron chi connectivity index (χ4n) is 3.15. The van der Waals surface area contributed by atoms with Crippen molar-refractivity contribution in [2.24, 2.45) is 0 Å². The Morgan fingerprint density at radius 3 is 2.26 bits per heavy atom. The molecule has 1 N–H and O–H groups in total. The first-order valence-electron chi connectivity index (χ1n) is 8.39. The lowest BCUT2D eigenvalue weighted by molar-refractivity contribution is 0.373. The summed E-state index contributed by atoms with van der Waals surface area (Å²) in [7, 11) is 0. The highest BCUT2D eigenvalue weighted by Crippen LogP contribution is 2.24. The van der Waals surface area contributed by atoms with Gasteiger partial charge in [0.25, 0.3) is 0 Å². The van der Waals surface area contributed by atoms with Crippen LogP contribution < -0.4 is 5.32 Å². The Morgan fingerprint density at radius 1 is 0.913 bits per heavy atom. The van der Waals surface area contributed by atoms with Gasteiger partial charge in [-0.05, 0) is 37.1 Å². The Balaban J connectivity index is 0.00000192. The van der Waals surface area contributed by atoms with Crippen molar-refractivity contribution < 1.29 is 4.42 Å². The number of benzene rings is 1. The summed E-state index contributed by atoms with van der Waals surface area (Å²) in [5, 5.41) is 3.68. The van der Waals surface area contributed by atoms with E-state index in [4.69, 9.17) is 4.42 Å². The van der Waals surface area contributed by atoms with Gasteiger partial charge in [-0.15, -0.1) is 12.4 Å². The lowest BCUT2D eigenvalue weighted by Gasteiger charge is -2.20. The van der Waals surface area contributed by atoms with Gasteiger partial charge in [-0.2, -0.15) is 0 Å². The Kier molecular flexibility index (Phi) is 7.68. The summed E-state index contributed by atoms with van der Waals surface area (Å²) in [6.45, 7) is 0.835. The third kappa shape index (κ3) is 5.66. The highest BCUT2D eigenvalue weighted by molar-refractivity contribution is 9.10. The van der Waals surface area contributed by atoms with Crippen molar-refractivity contribution in [1.29, 1.82) is 0 Å². The van der Waals surface area contributed by atoms with Gasteiger partial charge in [0.1, 0.15) is 11.5 Å². The molecule has 126 valence electrons. The Labute approximate surface area is 153 Å². The van der Waals surface area contributed by atoms with Crippen LogP contribution in [0.2, 0.25) is 0 Å². The average Bonchev–Trinajstić information content (AvgIpc) is 2.96. The molecule has 1 aromatic carbocycles. The third-order valence-electron chi connectivity index (χ3n) is 4.46. The summed E-state index contributed by atoms with van der Waals surface area (Å²) >= 11 is 3.46. The van der Waals surface area contributed by atoms with Crippen LogP contribution in [0.5, 0.6) is 0 Å². The van der Waals surface area contributed by atoms with E-state index in [-0.39, 0.29) is 12.4 Å². The second-order valence-electron chi connectivity index (χ2n) is 6.20. The molecule has 2 aromatic rings. The van der Waals surface area contributed by atoms with Crippen molar-refractivity contribution in [3.63, 3.8) is 0 Å². The van der Waals surface area contributed by atoms with Gasteiger partial charge in [0.05, 0.1) is 6.54 Å². The zero-order valence-electron chi connectivity index (χ0n) is 13.4. The van der Waals surface area contributed by atoms with Crippen molar-refractivity contribution >= 4 is 28.3 Å². The van der Waals surface area contributed by atoms with Crippen molar-refractivity contribution in [3.05, 3.63) is 46.6 Å². The van der Waals surface area contributed by atoms with Gasteiger partial charge < -0.3 is 9.73 Å². The van der Waals surface area contributed by atoms with E-state index in [1.54, 1.807) is 0 Å². The Bertz CT molecular complexity index is 573. The highest BCUT2D eigenvalue weighted by atomic mass is 79.9. The predicted octanol–water partition coefficient (Wildman–Crippen LogP) is 6.33. The van der Waals surface area contributed by atoms with E-state index >= 15 is 0 Å². The molecule has 0 saturated heterocycles. The normalized spacial score (nSPS) is 16.4. The molecule has 0 atom stereocenters. The topological polar surface area (TPSA) is 25.2 Å². The first-order valence-corrected chi connectivity index (χ1v) is 9.18. The van der Waals surface area contributed by atoms with Crippen LogP contribution in [0.3, 0.4) is 0 Å². The molecule has 23 heavy (non-hydrogen) atoms. The minimum absolute atomic E-state index is 0. The lowest BCUT2D eigenvalue weighted by Crippen LogP contribution is -2.29. The SMILES string of the molecule is Brc1ccc(-c2ccc(CNC3CCCCCCC3)o2)cc1.Cl. The van der Waals surface area contributed by atoms with E-state index in [0.29, 0.717) is 6.04 Å². The predicted molar refractivity (Wildman–Crippen MR) is 102 cm³/mol. The van der Waals surface area contributed by atoms with Gasteiger partial charge >= 0.3 is 0 Å². The molecule has 3 rings (SSSR count). The Morgan fingerprint density at radius 2 is 1.57 bits per heavy atom. The number of nitrogens with one attached hydrogen (secondary N) is 1. The molecule has 0 bridgehead atoms. The highest BCUT2D eigenvalue weighted by Gasteiger charge is 2.12. The van der Waals surface area contributed by atoms with Gasteiger partial charge in [-0.3, -0.25) is 0 Å². The fraction of sp³-hybridized carbons (Fsp3) is 0.474. The second-order valence-corrected chi connectivity index (χ2v) is 7.11. The van der Waals surface area contributed by atoms with Crippen LogP contribution in [0, 0.1) is 0 Å². The zero-order valence-corrected chi connectivity index (χ0v) is 15.8.